The summed E-state index contributed by atoms with van der Waals surface area (Å²) >= 11 is 3.00. The minimum atomic E-state index is -4.72. The Balaban J connectivity index is 0.00000324. The van der Waals surface area contributed by atoms with Gasteiger partial charge in [-0.3, -0.25) is 4.18 Å². The molecule has 0 aromatic heterocycles. The molecule has 0 radical (unpaired) electrons. The van der Waals surface area contributed by atoms with Crippen LogP contribution in [0.5, 0.6) is 0 Å². The predicted molar refractivity (Wildman–Crippen MR) is 66.1 cm³/mol. The third-order valence-corrected chi connectivity index (χ3v) is 4.64. The van der Waals surface area contributed by atoms with Crippen LogP contribution in [0.1, 0.15) is 5.56 Å². The average molecular weight is 381 g/mol. The Morgan fingerprint density at radius 2 is 1.84 bits per heavy atom. The SMILES string of the molecule is Cc1ccc(S(=O)(=O)OCCBr)cc1S(=O)(=O)[O-].[Na+]. The largest absolute Gasteiger partial charge is 1.00 e. The molecule has 0 fully saturated rings. The van der Waals surface area contributed by atoms with Crippen LogP contribution in [-0.2, 0) is 24.4 Å². The van der Waals surface area contributed by atoms with Gasteiger partial charge in [0.1, 0.15) is 10.1 Å². The zero-order chi connectivity index (χ0) is 14.0. The normalized spacial score (nSPS) is 11.9. The van der Waals surface area contributed by atoms with Gasteiger partial charge in [-0.2, -0.15) is 8.42 Å². The number of halogens is 1. The zero-order valence-electron chi connectivity index (χ0n) is 10.3. The van der Waals surface area contributed by atoms with Crippen LogP contribution in [0.2, 0.25) is 0 Å². The molecule has 0 spiro atoms. The van der Waals surface area contributed by atoms with Gasteiger partial charge in [-0.15, -0.1) is 0 Å². The Kier molecular flexibility index (Phi) is 7.71. The number of aryl methyl sites for hydroxylation is 1. The standard InChI is InChI=1S/C9H11BrO6S2.Na/c1-7-2-3-8(6-9(7)17(11,12)13)18(14,15)16-5-4-10;/h2-3,6H,4-5H2,1H3,(H,11,12,13);/q;+1/p-1. The third kappa shape index (κ3) is 5.43. The minimum absolute atomic E-state index is 0. The van der Waals surface area contributed by atoms with E-state index >= 15 is 0 Å². The average Bonchev–Trinajstić information content (AvgIpc) is 2.25. The molecule has 1 aromatic carbocycles. The summed E-state index contributed by atoms with van der Waals surface area (Å²) in [4.78, 5) is -0.922. The summed E-state index contributed by atoms with van der Waals surface area (Å²) in [5.41, 5.74) is 0.185. The second kappa shape index (κ2) is 7.51. The molecule has 0 unspecified atom stereocenters. The molecule has 1 aromatic rings. The second-order valence-electron chi connectivity index (χ2n) is 3.35. The quantitative estimate of drug-likeness (QED) is 0.253. The fourth-order valence-corrected chi connectivity index (χ4v) is 3.33. The molecular formula is C9H10BrNaO6S2. The van der Waals surface area contributed by atoms with Gasteiger partial charge in [-0.25, -0.2) is 8.42 Å². The van der Waals surface area contributed by atoms with E-state index < -0.39 is 25.1 Å². The van der Waals surface area contributed by atoms with Crippen LogP contribution < -0.4 is 29.6 Å². The molecule has 0 bridgehead atoms. The molecule has 0 amide bonds. The second-order valence-corrected chi connectivity index (χ2v) is 7.10. The summed E-state index contributed by atoms with van der Waals surface area (Å²) < 4.78 is 60.7. The first-order valence-corrected chi connectivity index (χ1v) is 8.64. The van der Waals surface area contributed by atoms with E-state index in [1.807, 2.05) is 0 Å². The fraction of sp³-hybridized carbons (Fsp3) is 0.333. The van der Waals surface area contributed by atoms with Gasteiger partial charge in [0.15, 0.2) is 0 Å². The summed E-state index contributed by atoms with van der Waals surface area (Å²) in [5.74, 6) is 0. The Bertz CT molecular complexity index is 641. The molecule has 0 atom stereocenters. The topological polar surface area (TPSA) is 101 Å². The monoisotopic (exact) mass is 380 g/mol. The fourth-order valence-electron chi connectivity index (χ4n) is 1.21. The first-order chi connectivity index (χ1) is 8.18. The van der Waals surface area contributed by atoms with Gasteiger partial charge in [-0.1, -0.05) is 22.0 Å². The molecule has 0 saturated carbocycles. The smallest absolute Gasteiger partial charge is 0.744 e. The van der Waals surface area contributed by atoms with Gasteiger partial charge >= 0.3 is 29.6 Å². The molecule has 10 heteroatoms. The van der Waals surface area contributed by atoms with E-state index in [1.54, 1.807) is 0 Å². The number of alkyl halides is 1. The van der Waals surface area contributed by atoms with Gasteiger partial charge in [0.05, 0.1) is 16.4 Å². The van der Waals surface area contributed by atoms with Crippen molar-refractivity contribution in [1.29, 1.82) is 0 Å². The van der Waals surface area contributed by atoms with Gasteiger partial charge in [0.25, 0.3) is 10.1 Å². The maximum absolute atomic E-state index is 11.6. The minimum Gasteiger partial charge on any atom is -0.744 e. The van der Waals surface area contributed by atoms with Crippen molar-refractivity contribution in [3.63, 3.8) is 0 Å². The molecule has 0 N–H and O–H groups in total. The molecule has 0 saturated heterocycles. The Hall–Kier alpha value is 0.520. The van der Waals surface area contributed by atoms with Crippen LogP contribution >= 0.6 is 15.9 Å². The molecule has 19 heavy (non-hydrogen) atoms. The van der Waals surface area contributed by atoms with Gasteiger partial charge < -0.3 is 4.55 Å². The third-order valence-electron chi connectivity index (χ3n) is 2.03. The Morgan fingerprint density at radius 3 is 2.32 bits per heavy atom. The number of hydrogen-bond donors (Lipinski definition) is 0. The van der Waals surface area contributed by atoms with Crippen molar-refractivity contribution in [3.05, 3.63) is 23.8 Å². The maximum atomic E-state index is 11.6. The van der Waals surface area contributed by atoms with E-state index in [-0.39, 0.29) is 46.6 Å². The first kappa shape index (κ1) is 19.5. The summed E-state index contributed by atoms with van der Waals surface area (Å²) in [6, 6.07) is 3.24. The summed E-state index contributed by atoms with van der Waals surface area (Å²) in [7, 11) is -8.77. The van der Waals surface area contributed by atoms with E-state index in [2.05, 4.69) is 20.1 Å². The van der Waals surface area contributed by atoms with Crippen LogP contribution in [0.25, 0.3) is 0 Å². The molecule has 0 heterocycles. The van der Waals surface area contributed by atoms with Crippen LogP contribution in [0.15, 0.2) is 28.0 Å². The van der Waals surface area contributed by atoms with Crippen LogP contribution in [0, 0.1) is 6.92 Å². The van der Waals surface area contributed by atoms with E-state index in [1.165, 1.54) is 19.1 Å². The zero-order valence-corrected chi connectivity index (χ0v) is 15.5. The Morgan fingerprint density at radius 1 is 1.26 bits per heavy atom. The van der Waals surface area contributed by atoms with E-state index in [4.69, 9.17) is 0 Å². The maximum Gasteiger partial charge on any atom is 1.00 e. The molecule has 0 aliphatic heterocycles. The van der Waals surface area contributed by atoms with E-state index in [9.17, 15) is 21.4 Å². The van der Waals surface area contributed by atoms with Crippen LogP contribution in [-0.4, -0.2) is 33.3 Å². The molecule has 1 rings (SSSR count). The molecule has 6 nitrogen and oxygen atoms in total. The molecule has 0 aliphatic carbocycles. The van der Waals surface area contributed by atoms with Crippen molar-refractivity contribution >= 4 is 36.2 Å². The van der Waals surface area contributed by atoms with Gasteiger partial charge in [0.2, 0.25) is 0 Å². The molecule has 102 valence electrons. The summed E-state index contributed by atoms with van der Waals surface area (Å²) in [5, 5.41) is 0.310. The van der Waals surface area contributed by atoms with Crippen molar-refractivity contribution in [2.24, 2.45) is 0 Å². The van der Waals surface area contributed by atoms with E-state index in [0.29, 0.717) is 5.33 Å². The van der Waals surface area contributed by atoms with Crippen molar-refractivity contribution in [3.8, 4) is 0 Å². The van der Waals surface area contributed by atoms with Crippen molar-refractivity contribution in [2.75, 3.05) is 11.9 Å². The Labute approximate surface area is 142 Å². The number of rotatable bonds is 5. The van der Waals surface area contributed by atoms with Crippen molar-refractivity contribution in [1.82, 2.24) is 0 Å². The summed E-state index contributed by atoms with van der Waals surface area (Å²) in [6.07, 6.45) is 0. The first-order valence-electron chi connectivity index (χ1n) is 4.70. The van der Waals surface area contributed by atoms with Crippen LogP contribution in [0.3, 0.4) is 0 Å². The van der Waals surface area contributed by atoms with Gasteiger partial charge in [0, 0.05) is 5.33 Å². The molecule has 0 aliphatic rings. The number of hydrogen-bond acceptors (Lipinski definition) is 6. The van der Waals surface area contributed by atoms with E-state index in [0.717, 1.165) is 6.07 Å². The summed E-state index contributed by atoms with van der Waals surface area (Å²) in [6.45, 7) is 1.32. The van der Waals surface area contributed by atoms with Gasteiger partial charge in [-0.05, 0) is 24.6 Å². The number of benzene rings is 1. The predicted octanol–water partition coefficient (Wildman–Crippen LogP) is -2.00. The molecular weight excluding hydrogens is 371 g/mol. The van der Waals surface area contributed by atoms with Crippen molar-refractivity contribution in [2.45, 2.75) is 16.7 Å². The van der Waals surface area contributed by atoms with Crippen molar-refractivity contribution < 1.29 is 55.1 Å². The van der Waals surface area contributed by atoms with Crippen LogP contribution in [0.4, 0.5) is 0 Å².